The molecule has 170 valence electrons. The lowest BCUT2D eigenvalue weighted by molar-refractivity contribution is -0.0901. The molecule has 2 aromatic rings. The first-order chi connectivity index (χ1) is 15.5. The average Bonchev–Trinajstić information content (AvgIpc) is 2.80. The number of benzene rings is 2. The van der Waals surface area contributed by atoms with Crippen molar-refractivity contribution in [2.75, 3.05) is 0 Å². The highest BCUT2D eigenvalue weighted by Gasteiger charge is 2.59. The summed E-state index contributed by atoms with van der Waals surface area (Å²) < 4.78 is 0. The lowest BCUT2D eigenvalue weighted by Crippen LogP contribution is -2.61. The highest BCUT2D eigenvalue weighted by Crippen LogP contribution is 2.66. The van der Waals surface area contributed by atoms with Crippen molar-refractivity contribution in [3.63, 3.8) is 0 Å². The maximum atomic E-state index is 6.24. The van der Waals surface area contributed by atoms with Gasteiger partial charge in [0.25, 0.3) is 0 Å². The van der Waals surface area contributed by atoms with E-state index in [1.165, 1.54) is 64.2 Å². The fourth-order valence-electron chi connectivity index (χ4n) is 8.83. The summed E-state index contributed by atoms with van der Waals surface area (Å²) in [5.41, 5.74) is 4.00. The Morgan fingerprint density at radius 1 is 0.844 bits per heavy atom. The van der Waals surface area contributed by atoms with Gasteiger partial charge >= 0.3 is 0 Å². The summed E-state index contributed by atoms with van der Waals surface area (Å²) in [5, 5.41) is 5.07. The minimum absolute atomic E-state index is 0.398. The van der Waals surface area contributed by atoms with Gasteiger partial charge in [-0.25, -0.2) is 0 Å². The van der Waals surface area contributed by atoms with Crippen LogP contribution in [0.1, 0.15) is 88.2 Å². The minimum atomic E-state index is 0.398. The van der Waals surface area contributed by atoms with Crippen molar-refractivity contribution < 1.29 is 0 Å². The van der Waals surface area contributed by atoms with Gasteiger partial charge in [-0.05, 0) is 123 Å². The fraction of sp³-hybridized carbons (Fsp3) is 0.600. The molecule has 1 nitrogen and oxygen atoms in total. The van der Waals surface area contributed by atoms with Gasteiger partial charge in [-0.3, -0.25) is 0 Å². The number of nitrogens with one attached hydrogen (secondary N) is 1. The molecular weight excluding hydrogens is 410 g/mol. The van der Waals surface area contributed by atoms with Crippen molar-refractivity contribution in [1.29, 1.82) is 0 Å². The molecule has 0 saturated heterocycles. The van der Waals surface area contributed by atoms with Crippen LogP contribution in [0.3, 0.4) is 0 Å². The number of hydrogen-bond acceptors (Lipinski definition) is 1. The number of hydrogen-bond donors (Lipinski definition) is 1. The third kappa shape index (κ3) is 3.74. The molecule has 0 amide bonds. The highest BCUT2D eigenvalue weighted by atomic mass is 35.5. The molecule has 7 rings (SSSR count). The maximum Gasteiger partial charge on any atom is 0.0406 e. The van der Waals surface area contributed by atoms with E-state index in [0.717, 1.165) is 22.8 Å². The Bertz CT molecular complexity index is 913. The van der Waals surface area contributed by atoms with Crippen molar-refractivity contribution in [2.45, 2.75) is 94.5 Å². The first-order valence-electron chi connectivity index (χ1n) is 13.1. The molecule has 5 aliphatic rings. The van der Waals surface area contributed by atoms with Crippen molar-refractivity contribution >= 4 is 11.6 Å². The first-order valence-corrected chi connectivity index (χ1v) is 13.5. The molecule has 0 radical (unpaired) electrons. The number of rotatable bonds is 5. The van der Waals surface area contributed by atoms with Crippen molar-refractivity contribution in [3.05, 3.63) is 70.7 Å². The molecule has 5 aliphatic carbocycles. The molecule has 2 heteroatoms. The standard InChI is InChI=1S/C30H38ClN/c1-21(32-28-13-7-25(8-14-28)24-5-3-2-4-6-24)29-16-22-15-23(17-29)19-30(18-22,20-29)26-9-11-27(31)12-10-26/h2-6,9-12,21-23,25,28,32H,7-8,13-20H2,1H3/t21-,22-,23+,25?,28?,29?,30?/m1/s1. The van der Waals surface area contributed by atoms with Gasteiger partial charge in [0.05, 0.1) is 0 Å². The predicted molar refractivity (Wildman–Crippen MR) is 134 cm³/mol. The molecule has 5 saturated carbocycles. The van der Waals surface area contributed by atoms with Gasteiger partial charge < -0.3 is 5.32 Å². The van der Waals surface area contributed by atoms with Crippen LogP contribution in [0, 0.1) is 17.3 Å². The summed E-state index contributed by atoms with van der Waals surface area (Å²) in [6, 6.07) is 21.4. The van der Waals surface area contributed by atoms with Gasteiger partial charge in [0.2, 0.25) is 0 Å². The molecule has 1 N–H and O–H groups in total. The van der Waals surface area contributed by atoms with Crippen LogP contribution in [-0.2, 0) is 5.41 Å². The van der Waals surface area contributed by atoms with E-state index in [1.807, 2.05) is 0 Å². The van der Waals surface area contributed by atoms with E-state index >= 15 is 0 Å². The van der Waals surface area contributed by atoms with Gasteiger partial charge in [0.15, 0.2) is 0 Å². The Labute approximate surface area is 199 Å². The topological polar surface area (TPSA) is 12.0 Å². The van der Waals surface area contributed by atoms with E-state index in [-0.39, 0.29) is 0 Å². The van der Waals surface area contributed by atoms with Crippen LogP contribution in [0.25, 0.3) is 0 Å². The summed E-state index contributed by atoms with van der Waals surface area (Å²) in [6.45, 7) is 2.53. The highest BCUT2D eigenvalue weighted by molar-refractivity contribution is 6.30. The normalized spacial score (nSPS) is 39.2. The van der Waals surface area contributed by atoms with Gasteiger partial charge in [0.1, 0.15) is 0 Å². The largest absolute Gasteiger partial charge is 0.311 e. The van der Waals surface area contributed by atoms with Crippen molar-refractivity contribution in [3.8, 4) is 0 Å². The zero-order valence-corrected chi connectivity index (χ0v) is 20.3. The summed E-state index contributed by atoms with van der Waals surface area (Å²) in [5.74, 6) is 2.60. The van der Waals surface area contributed by atoms with Crippen LogP contribution in [0.4, 0.5) is 0 Å². The fourth-order valence-corrected chi connectivity index (χ4v) is 8.96. The molecule has 5 fully saturated rings. The molecule has 32 heavy (non-hydrogen) atoms. The Morgan fingerprint density at radius 3 is 2.16 bits per heavy atom. The van der Waals surface area contributed by atoms with Crippen LogP contribution in [-0.4, -0.2) is 12.1 Å². The van der Waals surface area contributed by atoms with Crippen LogP contribution in [0.2, 0.25) is 5.02 Å². The molecule has 2 unspecified atom stereocenters. The summed E-state index contributed by atoms with van der Waals surface area (Å²) in [6.07, 6.45) is 13.9. The van der Waals surface area contributed by atoms with Gasteiger partial charge in [0, 0.05) is 17.1 Å². The second kappa shape index (κ2) is 8.17. The molecular formula is C30H38ClN. The Morgan fingerprint density at radius 2 is 1.50 bits per heavy atom. The molecule has 0 aromatic heterocycles. The van der Waals surface area contributed by atoms with E-state index in [0.29, 0.717) is 22.9 Å². The smallest absolute Gasteiger partial charge is 0.0406 e. The van der Waals surface area contributed by atoms with Crippen molar-refractivity contribution in [1.82, 2.24) is 5.32 Å². The lowest BCUT2D eigenvalue weighted by Gasteiger charge is -2.64. The Balaban J connectivity index is 1.16. The van der Waals surface area contributed by atoms with E-state index in [9.17, 15) is 0 Å². The number of halogens is 1. The van der Waals surface area contributed by atoms with Crippen LogP contribution in [0.15, 0.2) is 54.6 Å². The summed E-state index contributed by atoms with van der Waals surface area (Å²) in [4.78, 5) is 0. The first kappa shape index (κ1) is 21.2. The Hall–Kier alpha value is -1.31. The average molecular weight is 448 g/mol. The Kier molecular flexibility index (Phi) is 5.42. The lowest BCUT2D eigenvalue weighted by atomic mass is 9.41. The molecule has 0 aliphatic heterocycles. The van der Waals surface area contributed by atoms with Crippen molar-refractivity contribution in [2.24, 2.45) is 17.3 Å². The molecule has 2 aromatic carbocycles. The monoisotopic (exact) mass is 447 g/mol. The van der Waals surface area contributed by atoms with Gasteiger partial charge in [-0.2, -0.15) is 0 Å². The third-order valence-corrected chi connectivity index (χ3v) is 10.2. The van der Waals surface area contributed by atoms with Gasteiger partial charge in [-0.15, -0.1) is 0 Å². The van der Waals surface area contributed by atoms with E-state index < -0.39 is 0 Å². The van der Waals surface area contributed by atoms with Gasteiger partial charge in [-0.1, -0.05) is 54.1 Å². The quantitative estimate of drug-likeness (QED) is 0.491. The molecule has 0 spiro atoms. The minimum Gasteiger partial charge on any atom is -0.311 e. The second-order valence-electron chi connectivity index (χ2n) is 12.0. The van der Waals surface area contributed by atoms with E-state index in [2.05, 4.69) is 66.8 Å². The van der Waals surface area contributed by atoms with Crippen LogP contribution < -0.4 is 5.32 Å². The predicted octanol–water partition coefficient (Wildman–Crippen LogP) is 7.88. The molecule has 4 bridgehead atoms. The zero-order valence-electron chi connectivity index (χ0n) is 19.5. The van der Waals surface area contributed by atoms with E-state index in [1.54, 1.807) is 11.1 Å². The van der Waals surface area contributed by atoms with Crippen LogP contribution >= 0.6 is 11.6 Å². The summed E-state index contributed by atoms with van der Waals surface area (Å²) >= 11 is 6.24. The molecule has 5 atom stereocenters. The third-order valence-electron chi connectivity index (χ3n) is 9.97. The zero-order chi connectivity index (χ0) is 21.8. The summed E-state index contributed by atoms with van der Waals surface area (Å²) in [7, 11) is 0. The van der Waals surface area contributed by atoms with E-state index in [4.69, 9.17) is 11.6 Å². The second-order valence-corrected chi connectivity index (χ2v) is 12.4. The molecule has 0 heterocycles. The SMILES string of the molecule is C[C@@H](NC1CCC(c2ccccc2)CC1)C12C[C@@H]3C[C@@H](CC(c4ccc(Cl)cc4)(C3)C1)C2. The van der Waals surface area contributed by atoms with Crippen LogP contribution in [0.5, 0.6) is 0 Å². The maximum absolute atomic E-state index is 6.24.